The zero-order chi connectivity index (χ0) is 18.3. The Balaban J connectivity index is 3.49. The number of aliphatic hydroxyl groups is 2. The molecule has 2 unspecified atom stereocenters. The zero-order valence-corrected chi connectivity index (χ0v) is 17.2. The second-order valence-electron chi connectivity index (χ2n) is 8.59. The highest BCUT2D eigenvalue weighted by molar-refractivity contribution is 4.74. The predicted octanol–water partition coefficient (Wildman–Crippen LogP) is 6.63. The van der Waals surface area contributed by atoms with E-state index in [9.17, 15) is 10.2 Å². The molecule has 146 valence electrons. The first-order valence-electron chi connectivity index (χ1n) is 10.8. The number of unbranched alkanes of at least 4 members (excludes halogenated alkanes) is 8. The van der Waals surface area contributed by atoms with E-state index in [-0.39, 0.29) is 6.10 Å². The van der Waals surface area contributed by atoms with Gasteiger partial charge in [-0.05, 0) is 38.5 Å². The summed E-state index contributed by atoms with van der Waals surface area (Å²) in [5.41, 5.74) is -0.603. The molecule has 0 aliphatic heterocycles. The molecule has 2 heteroatoms. The van der Waals surface area contributed by atoms with Gasteiger partial charge in [0.2, 0.25) is 0 Å². The van der Waals surface area contributed by atoms with Crippen LogP contribution in [0.1, 0.15) is 124 Å². The van der Waals surface area contributed by atoms with Gasteiger partial charge in [0.1, 0.15) is 0 Å². The van der Waals surface area contributed by atoms with Crippen LogP contribution in [0.15, 0.2) is 0 Å². The Morgan fingerprint density at radius 1 is 0.708 bits per heavy atom. The van der Waals surface area contributed by atoms with E-state index in [2.05, 4.69) is 20.8 Å². The Kier molecular flexibility index (Phi) is 15.1. The van der Waals surface area contributed by atoms with E-state index in [1.807, 2.05) is 6.92 Å². The van der Waals surface area contributed by atoms with Crippen LogP contribution in [0, 0.1) is 5.92 Å². The van der Waals surface area contributed by atoms with Crippen LogP contribution in [0.25, 0.3) is 0 Å². The molecule has 2 N–H and O–H groups in total. The van der Waals surface area contributed by atoms with Gasteiger partial charge in [0.15, 0.2) is 0 Å². The molecule has 0 saturated carbocycles. The molecule has 0 fully saturated rings. The van der Waals surface area contributed by atoms with Gasteiger partial charge in [-0.25, -0.2) is 0 Å². The first kappa shape index (κ1) is 23.9. The normalized spacial score (nSPS) is 15.6. The lowest BCUT2D eigenvalue weighted by atomic mass is 9.90. The number of hydrogen-bond donors (Lipinski definition) is 2. The molecular formula is C22H46O2. The molecule has 0 aromatic carbocycles. The van der Waals surface area contributed by atoms with Gasteiger partial charge in [-0.3, -0.25) is 0 Å². The van der Waals surface area contributed by atoms with Gasteiger partial charge in [-0.15, -0.1) is 0 Å². The summed E-state index contributed by atoms with van der Waals surface area (Å²) in [4.78, 5) is 0. The molecule has 0 bridgehead atoms. The van der Waals surface area contributed by atoms with Crippen molar-refractivity contribution in [2.75, 3.05) is 0 Å². The van der Waals surface area contributed by atoms with E-state index in [4.69, 9.17) is 0 Å². The summed E-state index contributed by atoms with van der Waals surface area (Å²) >= 11 is 0. The lowest BCUT2D eigenvalue weighted by Gasteiger charge is -2.25. The Morgan fingerprint density at radius 2 is 1.25 bits per heavy atom. The van der Waals surface area contributed by atoms with Gasteiger partial charge < -0.3 is 10.2 Å². The molecule has 0 saturated heterocycles. The topological polar surface area (TPSA) is 40.5 Å². The molecule has 0 heterocycles. The largest absolute Gasteiger partial charge is 0.393 e. The monoisotopic (exact) mass is 342 g/mol. The molecule has 0 aromatic rings. The van der Waals surface area contributed by atoms with Crippen molar-refractivity contribution >= 4 is 0 Å². The molecule has 0 spiro atoms. The summed E-state index contributed by atoms with van der Waals surface area (Å²) in [5, 5.41) is 20.5. The van der Waals surface area contributed by atoms with Crippen LogP contribution in [0.3, 0.4) is 0 Å². The highest BCUT2D eigenvalue weighted by atomic mass is 16.3. The summed E-state index contributed by atoms with van der Waals surface area (Å²) in [6.45, 7) is 8.64. The third-order valence-electron chi connectivity index (χ3n) is 5.15. The van der Waals surface area contributed by atoms with Crippen LogP contribution >= 0.6 is 0 Å². The van der Waals surface area contributed by atoms with Crippen LogP contribution in [-0.4, -0.2) is 21.9 Å². The minimum atomic E-state index is -0.603. The van der Waals surface area contributed by atoms with Gasteiger partial charge in [0, 0.05) is 0 Å². The fraction of sp³-hybridized carbons (Fsp3) is 1.00. The van der Waals surface area contributed by atoms with E-state index in [0.29, 0.717) is 5.92 Å². The standard InChI is InChI=1S/C22H46O2/c1-5-6-7-8-9-10-11-12-13-16-21(23)17-19-22(4,24)18-14-15-20(2)3/h20-21,23-24H,5-19H2,1-4H3. The van der Waals surface area contributed by atoms with Crippen molar-refractivity contribution in [1.82, 2.24) is 0 Å². The lowest BCUT2D eigenvalue weighted by molar-refractivity contribution is 0.0204. The second-order valence-corrected chi connectivity index (χ2v) is 8.59. The predicted molar refractivity (Wildman–Crippen MR) is 106 cm³/mol. The van der Waals surface area contributed by atoms with Crippen LogP contribution in [0.2, 0.25) is 0 Å². The van der Waals surface area contributed by atoms with Crippen LogP contribution in [-0.2, 0) is 0 Å². The highest BCUT2D eigenvalue weighted by Crippen LogP contribution is 2.23. The SMILES string of the molecule is CCCCCCCCCCCC(O)CCC(C)(O)CCCC(C)C. The van der Waals surface area contributed by atoms with E-state index in [1.165, 1.54) is 57.8 Å². The molecule has 2 nitrogen and oxygen atoms in total. The first-order chi connectivity index (χ1) is 11.4. The lowest BCUT2D eigenvalue weighted by Crippen LogP contribution is -2.26. The summed E-state index contributed by atoms with van der Waals surface area (Å²) in [6, 6.07) is 0. The van der Waals surface area contributed by atoms with Gasteiger partial charge in [0.25, 0.3) is 0 Å². The minimum absolute atomic E-state index is 0.230. The van der Waals surface area contributed by atoms with Gasteiger partial charge in [-0.1, -0.05) is 91.4 Å². The highest BCUT2D eigenvalue weighted by Gasteiger charge is 2.21. The molecule has 0 amide bonds. The molecule has 0 aromatic heterocycles. The van der Waals surface area contributed by atoms with Crippen molar-refractivity contribution in [2.24, 2.45) is 5.92 Å². The van der Waals surface area contributed by atoms with Crippen molar-refractivity contribution in [2.45, 2.75) is 136 Å². The molecule has 0 aliphatic rings. The molecule has 0 rings (SSSR count). The van der Waals surface area contributed by atoms with Crippen molar-refractivity contribution in [1.29, 1.82) is 0 Å². The Labute approximate surface area is 152 Å². The molecular weight excluding hydrogens is 296 g/mol. The van der Waals surface area contributed by atoms with Crippen molar-refractivity contribution in [3.8, 4) is 0 Å². The van der Waals surface area contributed by atoms with Crippen LogP contribution in [0.5, 0.6) is 0 Å². The Bertz CT molecular complexity index is 261. The summed E-state index contributed by atoms with van der Waals surface area (Å²) in [6.07, 6.45) is 17.2. The third kappa shape index (κ3) is 16.8. The van der Waals surface area contributed by atoms with Crippen LogP contribution < -0.4 is 0 Å². The average Bonchev–Trinajstić information content (AvgIpc) is 2.51. The number of hydrogen-bond acceptors (Lipinski definition) is 2. The van der Waals surface area contributed by atoms with Gasteiger partial charge in [0.05, 0.1) is 11.7 Å². The minimum Gasteiger partial charge on any atom is -0.393 e. The Morgan fingerprint density at radius 3 is 1.79 bits per heavy atom. The average molecular weight is 343 g/mol. The van der Waals surface area contributed by atoms with E-state index in [0.717, 1.165) is 38.5 Å². The molecule has 0 radical (unpaired) electrons. The first-order valence-corrected chi connectivity index (χ1v) is 10.8. The second kappa shape index (κ2) is 15.2. The molecule has 2 atom stereocenters. The van der Waals surface area contributed by atoms with Gasteiger partial charge >= 0.3 is 0 Å². The van der Waals surface area contributed by atoms with Crippen molar-refractivity contribution in [3.05, 3.63) is 0 Å². The summed E-state index contributed by atoms with van der Waals surface area (Å²) in [5.74, 6) is 0.707. The third-order valence-corrected chi connectivity index (χ3v) is 5.15. The van der Waals surface area contributed by atoms with Crippen molar-refractivity contribution < 1.29 is 10.2 Å². The smallest absolute Gasteiger partial charge is 0.0620 e. The maximum Gasteiger partial charge on any atom is 0.0620 e. The van der Waals surface area contributed by atoms with Crippen LogP contribution in [0.4, 0.5) is 0 Å². The quantitative estimate of drug-likeness (QED) is 0.291. The van der Waals surface area contributed by atoms with E-state index < -0.39 is 5.60 Å². The number of rotatable bonds is 17. The maximum atomic E-state index is 10.4. The maximum absolute atomic E-state index is 10.4. The zero-order valence-electron chi connectivity index (χ0n) is 17.2. The molecule has 0 aliphatic carbocycles. The van der Waals surface area contributed by atoms with E-state index in [1.54, 1.807) is 0 Å². The fourth-order valence-corrected chi connectivity index (χ4v) is 3.33. The Hall–Kier alpha value is -0.0800. The van der Waals surface area contributed by atoms with E-state index >= 15 is 0 Å². The fourth-order valence-electron chi connectivity index (χ4n) is 3.33. The van der Waals surface area contributed by atoms with Gasteiger partial charge in [-0.2, -0.15) is 0 Å². The number of aliphatic hydroxyl groups excluding tert-OH is 1. The van der Waals surface area contributed by atoms with Crippen molar-refractivity contribution in [3.63, 3.8) is 0 Å². The summed E-state index contributed by atoms with van der Waals surface area (Å²) < 4.78 is 0. The molecule has 24 heavy (non-hydrogen) atoms. The summed E-state index contributed by atoms with van der Waals surface area (Å²) in [7, 11) is 0.